The summed E-state index contributed by atoms with van der Waals surface area (Å²) in [7, 11) is 0. The van der Waals surface area contributed by atoms with Crippen molar-refractivity contribution in [3.8, 4) is 5.75 Å². The van der Waals surface area contributed by atoms with E-state index in [2.05, 4.69) is 21.4 Å². The van der Waals surface area contributed by atoms with Crippen molar-refractivity contribution in [3.63, 3.8) is 0 Å². The van der Waals surface area contributed by atoms with E-state index in [-0.39, 0.29) is 11.7 Å². The topological polar surface area (TPSA) is 67.0 Å². The molecule has 2 aromatic rings. The van der Waals surface area contributed by atoms with Crippen LogP contribution in [0.25, 0.3) is 0 Å². The van der Waals surface area contributed by atoms with Gasteiger partial charge < -0.3 is 15.0 Å². The van der Waals surface area contributed by atoms with E-state index < -0.39 is 0 Å². The van der Waals surface area contributed by atoms with Gasteiger partial charge in [-0.1, -0.05) is 18.2 Å². The Hall–Kier alpha value is -2.30. The molecule has 4 rings (SSSR count). The number of aromatic nitrogens is 2. The van der Waals surface area contributed by atoms with Crippen LogP contribution in [-0.2, 0) is 6.42 Å². The molecule has 5 heteroatoms. The Bertz CT molecular complexity index is 696. The standard InChI is InChI=1S/C16H17N3O2/c20-15-8-14(18-16(19-15)10-5-6-10)17-9-12-7-11-3-1-2-4-13(11)21-12/h1-4,8,10,12H,5-7,9H2,(H2,17,18,19,20). The number of ether oxygens (including phenoxy) is 1. The minimum Gasteiger partial charge on any atom is -0.488 e. The number of hydrogen-bond donors (Lipinski definition) is 2. The van der Waals surface area contributed by atoms with Gasteiger partial charge in [0.2, 0.25) is 0 Å². The molecule has 0 amide bonds. The molecule has 1 aromatic heterocycles. The van der Waals surface area contributed by atoms with Crippen molar-refractivity contribution < 1.29 is 4.74 Å². The number of anilines is 1. The fourth-order valence-electron chi connectivity index (χ4n) is 2.70. The zero-order valence-electron chi connectivity index (χ0n) is 11.6. The zero-order valence-corrected chi connectivity index (χ0v) is 11.6. The molecule has 21 heavy (non-hydrogen) atoms. The average Bonchev–Trinajstić information content (AvgIpc) is 3.24. The van der Waals surface area contributed by atoms with Crippen molar-refractivity contribution >= 4 is 5.82 Å². The lowest BCUT2D eigenvalue weighted by molar-refractivity contribution is 0.246. The first kappa shape index (κ1) is 12.4. The quantitative estimate of drug-likeness (QED) is 0.901. The summed E-state index contributed by atoms with van der Waals surface area (Å²) in [5.41, 5.74) is 1.15. The third-order valence-corrected chi connectivity index (χ3v) is 3.95. The van der Waals surface area contributed by atoms with Crippen LogP contribution in [0.1, 0.15) is 30.1 Å². The molecule has 1 atom stereocenters. The number of hydrogen-bond acceptors (Lipinski definition) is 4. The van der Waals surface area contributed by atoms with Crippen LogP contribution in [0, 0.1) is 0 Å². The highest BCUT2D eigenvalue weighted by molar-refractivity contribution is 5.39. The monoisotopic (exact) mass is 283 g/mol. The molecule has 2 heterocycles. The summed E-state index contributed by atoms with van der Waals surface area (Å²) in [6, 6.07) is 9.60. The molecule has 1 aliphatic carbocycles. The number of fused-ring (bicyclic) bond motifs is 1. The Kier molecular flexibility index (Phi) is 2.91. The largest absolute Gasteiger partial charge is 0.488 e. The van der Waals surface area contributed by atoms with Gasteiger partial charge in [0, 0.05) is 18.4 Å². The van der Waals surface area contributed by atoms with Crippen LogP contribution in [0.4, 0.5) is 5.82 Å². The van der Waals surface area contributed by atoms with Crippen molar-refractivity contribution in [2.24, 2.45) is 0 Å². The highest BCUT2D eigenvalue weighted by Gasteiger charge is 2.27. The molecule has 0 radical (unpaired) electrons. The SMILES string of the molecule is O=c1cc(NCC2Cc3ccccc3O2)nc(C2CC2)[nH]1. The smallest absolute Gasteiger partial charge is 0.252 e. The zero-order chi connectivity index (χ0) is 14.2. The van der Waals surface area contributed by atoms with Crippen molar-refractivity contribution in [2.45, 2.75) is 31.3 Å². The molecule has 0 spiro atoms. The molecule has 0 saturated heterocycles. The van der Waals surface area contributed by atoms with Crippen LogP contribution in [-0.4, -0.2) is 22.6 Å². The summed E-state index contributed by atoms with van der Waals surface area (Å²) < 4.78 is 5.87. The van der Waals surface area contributed by atoms with Crippen molar-refractivity contribution in [2.75, 3.05) is 11.9 Å². The Balaban J connectivity index is 1.43. The van der Waals surface area contributed by atoms with E-state index in [1.54, 1.807) is 0 Å². The van der Waals surface area contributed by atoms with Gasteiger partial charge in [-0.25, -0.2) is 4.98 Å². The van der Waals surface area contributed by atoms with E-state index >= 15 is 0 Å². The third kappa shape index (κ3) is 2.63. The molecule has 0 bridgehead atoms. The molecule has 1 aromatic carbocycles. The van der Waals surface area contributed by atoms with E-state index in [1.807, 2.05) is 18.2 Å². The Morgan fingerprint density at radius 2 is 2.19 bits per heavy atom. The second-order valence-corrected chi connectivity index (χ2v) is 5.72. The van der Waals surface area contributed by atoms with Crippen molar-refractivity contribution in [1.82, 2.24) is 9.97 Å². The third-order valence-electron chi connectivity index (χ3n) is 3.95. The van der Waals surface area contributed by atoms with E-state index in [1.165, 1.54) is 11.6 Å². The van der Waals surface area contributed by atoms with Gasteiger partial charge in [-0.15, -0.1) is 0 Å². The van der Waals surface area contributed by atoms with Gasteiger partial charge in [0.15, 0.2) is 0 Å². The molecule has 2 aliphatic rings. The number of benzene rings is 1. The van der Waals surface area contributed by atoms with Crippen LogP contribution >= 0.6 is 0 Å². The highest BCUT2D eigenvalue weighted by atomic mass is 16.5. The summed E-state index contributed by atoms with van der Waals surface area (Å²) >= 11 is 0. The number of para-hydroxylation sites is 1. The predicted octanol–water partition coefficient (Wildman–Crippen LogP) is 2.06. The maximum atomic E-state index is 11.7. The summed E-state index contributed by atoms with van der Waals surface area (Å²) in [4.78, 5) is 18.9. The first-order valence-electron chi connectivity index (χ1n) is 7.37. The number of nitrogens with one attached hydrogen (secondary N) is 2. The van der Waals surface area contributed by atoms with E-state index in [4.69, 9.17) is 4.74 Å². The van der Waals surface area contributed by atoms with Crippen LogP contribution < -0.4 is 15.6 Å². The van der Waals surface area contributed by atoms with Gasteiger partial charge in [-0.05, 0) is 24.5 Å². The van der Waals surface area contributed by atoms with Crippen LogP contribution in [0.2, 0.25) is 0 Å². The molecule has 1 saturated carbocycles. The molecule has 1 fully saturated rings. The Morgan fingerprint density at radius 1 is 1.33 bits per heavy atom. The lowest BCUT2D eigenvalue weighted by Gasteiger charge is -2.12. The lowest BCUT2D eigenvalue weighted by atomic mass is 10.1. The molecule has 108 valence electrons. The van der Waals surface area contributed by atoms with Gasteiger partial charge in [0.1, 0.15) is 23.5 Å². The van der Waals surface area contributed by atoms with Gasteiger partial charge >= 0.3 is 0 Å². The number of nitrogens with zero attached hydrogens (tertiary/aromatic N) is 1. The predicted molar refractivity (Wildman–Crippen MR) is 79.9 cm³/mol. The van der Waals surface area contributed by atoms with Gasteiger partial charge in [0.05, 0.1) is 6.54 Å². The maximum Gasteiger partial charge on any atom is 0.252 e. The Morgan fingerprint density at radius 3 is 3.00 bits per heavy atom. The molecular formula is C16H17N3O2. The van der Waals surface area contributed by atoms with E-state index in [0.29, 0.717) is 18.3 Å². The lowest BCUT2D eigenvalue weighted by Crippen LogP contribution is -2.25. The normalized spacial score (nSPS) is 19.9. The maximum absolute atomic E-state index is 11.7. The molecule has 1 unspecified atom stereocenters. The van der Waals surface area contributed by atoms with Crippen molar-refractivity contribution in [1.29, 1.82) is 0 Å². The highest BCUT2D eigenvalue weighted by Crippen LogP contribution is 2.37. The van der Waals surface area contributed by atoms with Crippen molar-refractivity contribution in [3.05, 3.63) is 52.1 Å². The van der Waals surface area contributed by atoms with E-state index in [9.17, 15) is 4.79 Å². The molecule has 5 nitrogen and oxygen atoms in total. The summed E-state index contributed by atoms with van der Waals surface area (Å²) in [5, 5.41) is 3.23. The summed E-state index contributed by atoms with van der Waals surface area (Å²) in [6.45, 7) is 0.648. The Labute approximate surface area is 122 Å². The van der Waals surface area contributed by atoms with E-state index in [0.717, 1.165) is 30.8 Å². The first-order valence-corrected chi connectivity index (χ1v) is 7.37. The minimum atomic E-state index is -0.0926. The van der Waals surface area contributed by atoms with Crippen LogP contribution in [0.15, 0.2) is 35.1 Å². The fourth-order valence-corrected chi connectivity index (χ4v) is 2.70. The molecular weight excluding hydrogens is 266 g/mol. The summed E-state index contributed by atoms with van der Waals surface area (Å²) in [6.07, 6.45) is 3.22. The first-order chi connectivity index (χ1) is 10.3. The summed E-state index contributed by atoms with van der Waals surface area (Å²) in [5.74, 6) is 2.84. The average molecular weight is 283 g/mol. The number of aromatic amines is 1. The van der Waals surface area contributed by atoms with Crippen LogP contribution in [0.5, 0.6) is 5.75 Å². The minimum absolute atomic E-state index is 0.0906. The number of H-pyrrole nitrogens is 1. The number of rotatable bonds is 4. The van der Waals surface area contributed by atoms with Gasteiger partial charge in [-0.2, -0.15) is 0 Å². The molecule has 2 N–H and O–H groups in total. The molecule has 1 aliphatic heterocycles. The second kappa shape index (κ2) is 4.91. The second-order valence-electron chi connectivity index (χ2n) is 5.72. The fraction of sp³-hybridized carbons (Fsp3) is 0.375. The van der Waals surface area contributed by atoms with Crippen LogP contribution in [0.3, 0.4) is 0 Å². The van der Waals surface area contributed by atoms with Gasteiger partial charge in [-0.3, -0.25) is 4.79 Å². The van der Waals surface area contributed by atoms with Gasteiger partial charge in [0.25, 0.3) is 5.56 Å².